The third-order valence-corrected chi connectivity index (χ3v) is 4.06. The lowest BCUT2D eigenvalue weighted by atomic mass is 10.1. The number of nitrogens with zero attached hydrogens (tertiary/aromatic N) is 1. The molecule has 1 atom stereocenters. The Hall–Kier alpha value is -1.10. The quantitative estimate of drug-likeness (QED) is 0.908. The Balaban J connectivity index is 2.55. The van der Waals surface area contributed by atoms with Gasteiger partial charge in [-0.1, -0.05) is 23.7 Å². The largest absolute Gasteiger partial charge is 0.481 e. The SMILES string of the molecule is COc1nc(-c2cccc(Br)c2Cl)ccc1C(C)O. The minimum absolute atomic E-state index is 0.406. The fourth-order valence-electron chi connectivity index (χ4n) is 1.78. The predicted octanol–water partition coefficient (Wildman–Crippen LogP) is 4.23. The lowest BCUT2D eigenvalue weighted by Gasteiger charge is -2.12. The number of pyridine rings is 1. The zero-order chi connectivity index (χ0) is 14.0. The fraction of sp³-hybridized carbons (Fsp3) is 0.214. The first-order valence-corrected chi connectivity index (χ1v) is 6.89. The Labute approximate surface area is 125 Å². The molecule has 5 heteroatoms. The smallest absolute Gasteiger partial charge is 0.219 e. The molecule has 1 heterocycles. The van der Waals surface area contributed by atoms with Gasteiger partial charge < -0.3 is 9.84 Å². The Kier molecular flexibility index (Phi) is 4.45. The summed E-state index contributed by atoms with van der Waals surface area (Å²) >= 11 is 9.63. The molecule has 0 fully saturated rings. The van der Waals surface area contributed by atoms with Gasteiger partial charge in [0.25, 0.3) is 0 Å². The topological polar surface area (TPSA) is 42.4 Å². The molecule has 19 heavy (non-hydrogen) atoms. The average molecular weight is 343 g/mol. The second-order valence-corrected chi connectivity index (χ2v) is 5.30. The van der Waals surface area contributed by atoms with Crippen LogP contribution in [-0.4, -0.2) is 17.2 Å². The maximum Gasteiger partial charge on any atom is 0.219 e. The molecule has 1 aromatic heterocycles. The minimum atomic E-state index is -0.630. The van der Waals surface area contributed by atoms with Crippen LogP contribution in [0.3, 0.4) is 0 Å². The highest BCUT2D eigenvalue weighted by Gasteiger charge is 2.14. The normalized spacial score (nSPS) is 12.3. The lowest BCUT2D eigenvalue weighted by molar-refractivity contribution is 0.193. The highest BCUT2D eigenvalue weighted by Crippen LogP contribution is 2.34. The van der Waals surface area contributed by atoms with Crippen molar-refractivity contribution >= 4 is 27.5 Å². The Morgan fingerprint density at radius 1 is 1.32 bits per heavy atom. The van der Waals surface area contributed by atoms with E-state index in [1.165, 1.54) is 7.11 Å². The Bertz CT molecular complexity index is 602. The summed E-state index contributed by atoms with van der Waals surface area (Å²) in [4.78, 5) is 4.40. The maximum atomic E-state index is 9.64. The van der Waals surface area contributed by atoms with Gasteiger partial charge in [-0.2, -0.15) is 0 Å². The van der Waals surface area contributed by atoms with Crippen LogP contribution in [0, 0.1) is 0 Å². The number of aliphatic hydroxyl groups is 1. The van der Waals surface area contributed by atoms with Crippen molar-refractivity contribution in [3.05, 3.63) is 45.4 Å². The molecule has 0 bridgehead atoms. The van der Waals surface area contributed by atoms with Crippen LogP contribution in [0.2, 0.25) is 5.02 Å². The lowest BCUT2D eigenvalue weighted by Crippen LogP contribution is -2.00. The van der Waals surface area contributed by atoms with E-state index in [0.717, 1.165) is 10.0 Å². The van der Waals surface area contributed by atoms with Crippen molar-refractivity contribution in [1.29, 1.82) is 0 Å². The average Bonchev–Trinajstić information content (AvgIpc) is 2.41. The number of halogens is 2. The summed E-state index contributed by atoms with van der Waals surface area (Å²) in [6.45, 7) is 1.67. The molecule has 2 aromatic rings. The van der Waals surface area contributed by atoms with Gasteiger partial charge in [0, 0.05) is 15.6 Å². The Morgan fingerprint density at radius 3 is 2.68 bits per heavy atom. The van der Waals surface area contributed by atoms with E-state index in [0.29, 0.717) is 22.2 Å². The molecule has 0 spiro atoms. The first-order valence-electron chi connectivity index (χ1n) is 5.72. The second kappa shape index (κ2) is 5.90. The van der Waals surface area contributed by atoms with Crippen LogP contribution in [0.25, 0.3) is 11.3 Å². The van der Waals surface area contributed by atoms with Gasteiger partial charge in [0.05, 0.1) is 23.9 Å². The van der Waals surface area contributed by atoms with Gasteiger partial charge in [-0.3, -0.25) is 0 Å². The van der Waals surface area contributed by atoms with Crippen LogP contribution >= 0.6 is 27.5 Å². The van der Waals surface area contributed by atoms with Gasteiger partial charge in [0.1, 0.15) is 0 Å². The first kappa shape index (κ1) is 14.3. The summed E-state index contributed by atoms with van der Waals surface area (Å²) in [5.41, 5.74) is 2.16. The summed E-state index contributed by atoms with van der Waals surface area (Å²) in [7, 11) is 1.53. The van der Waals surface area contributed by atoms with E-state index in [-0.39, 0.29) is 0 Å². The Morgan fingerprint density at radius 2 is 2.05 bits per heavy atom. The third kappa shape index (κ3) is 2.91. The van der Waals surface area contributed by atoms with Crippen molar-refractivity contribution in [2.75, 3.05) is 7.11 Å². The number of hydrogen-bond acceptors (Lipinski definition) is 3. The van der Waals surface area contributed by atoms with E-state index in [1.807, 2.05) is 24.3 Å². The van der Waals surface area contributed by atoms with Crippen molar-refractivity contribution in [2.45, 2.75) is 13.0 Å². The standard InChI is InChI=1S/C14H13BrClNO2/c1-8(18)9-6-7-12(17-14(9)19-2)10-4-3-5-11(15)13(10)16/h3-8,18H,1-2H3. The van der Waals surface area contributed by atoms with Crippen LogP contribution in [0.15, 0.2) is 34.8 Å². The highest BCUT2D eigenvalue weighted by atomic mass is 79.9. The summed E-state index contributed by atoms with van der Waals surface area (Å²) in [5.74, 6) is 0.406. The van der Waals surface area contributed by atoms with Gasteiger partial charge in [-0.05, 0) is 41.1 Å². The van der Waals surface area contributed by atoms with Crippen molar-refractivity contribution in [1.82, 2.24) is 4.98 Å². The van der Waals surface area contributed by atoms with Crippen LogP contribution in [0.5, 0.6) is 5.88 Å². The second-order valence-electron chi connectivity index (χ2n) is 4.07. The zero-order valence-electron chi connectivity index (χ0n) is 10.5. The van der Waals surface area contributed by atoms with Gasteiger partial charge >= 0.3 is 0 Å². The molecular weight excluding hydrogens is 330 g/mol. The van der Waals surface area contributed by atoms with E-state index in [1.54, 1.807) is 13.0 Å². The molecule has 0 aliphatic carbocycles. The number of benzene rings is 1. The van der Waals surface area contributed by atoms with Crippen LogP contribution in [-0.2, 0) is 0 Å². The molecule has 0 aliphatic rings. The minimum Gasteiger partial charge on any atom is -0.481 e. The van der Waals surface area contributed by atoms with Crippen LogP contribution in [0.4, 0.5) is 0 Å². The summed E-state index contributed by atoms with van der Waals surface area (Å²) in [6.07, 6.45) is -0.630. The molecule has 1 aromatic carbocycles. The molecule has 1 N–H and O–H groups in total. The van der Waals surface area contributed by atoms with Crippen LogP contribution in [0.1, 0.15) is 18.6 Å². The molecule has 3 nitrogen and oxygen atoms in total. The first-order chi connectivity index (χ1) is 9.04. The molecule has 0 radical (unpaired) electrons. The van der Waals surface area contributed by atoms with Gasteiger partial charge in [-0.25, -0.2) is 4.98 Å². The van der Waals surface area contributed by atoms with Gasteiger partial charge in [0.15, 0.2) is 0 Å². The van der Waals surface area contributed by atoms with E-state index in [2.05, 4.69) is 20.9 Å². The van der Waals surface area contributed by atoms with E-state index < -0.39 is 6.10 Å². The molecular formula is C14H13BrClNO2. The maximum absolute atomic E-state index is 9.64. The molecule has 0 amide bonds. The van der Waals surface area contributed by atoms with Crippen molar-refractivity contribution in [2.24, 2.45) is 0 Å². The molecule has 1 unspecified atom stereocenters. The zero-order valence-corrected chi connectivity index (χ0v) is 12.9. The van der Waals surface area contributed by atoms with E-state index in [4.69, 9.17) is 16.3 Å². The summed E-state index contributed by atoms with van der Waals surface area (Å²) in [5, 5.41) is 10.2. The summed E-state index contributed by atoms with van der Waals surface area (Å²) in [6, 6.07) is 9.26. The van der Waals surface area contributed by atoms with Crippen molar-refractivity contribution in [3.63, 3.8) is 0 Å². The number of aromatic nitrogens is 1. The van der Waals surface area contributed by atoms with Crippen LogP contribution < -0.4 is 4.74 Å². The molecule has 100 valence electrons. The number of ether oxygens (including phenoxy) is 1. The monoisotopic (exact) mass is 341 g/mol. The summed E-state index contributed by atoms with van der Waals surface area (Å²) < 4.78 is 6.03. The number of rotatable bonds is 3. The van der Waals surface area contributed by atoms with Crippen molar-refractivity contribution in [3.8, 4) is 17.1 Å². The third-order valence-electron chi connectivity index (χ3n) is 2.76. The predicted molar refractivity (Wildman–Crippen MR) is 79.6 cm³/mol. The molecule has 2 rings (SSSR count). The molecule has 0 aliphatic heterocycles. The number of aliphatic hydroxyl groups excluding tert-OH is 1. The van der Waals surface area contributed by atoms with Gasteiger partial charge in [0.2, 0.25) is 5.88 Å². The van der Waals surface area contributed by atoms with Crippen molar-refractivity contribution < 1.29 is 9.84 Å². The number of hydrogen-bond donors (Lipinski definition) is 1. The highest BCUT2D eigenvalue weighted by molar-refractivity contribution is 9.10. The molecule has 0 saturated carbocycles. The van der Waals surface area contributed by atoms with Gasteiger partial charge in [-0.15, -0.1) is 0 Å². The van der Waals surface area contributed by atoms with E-state index >= 15 is 0 Å². The molecule has 0 saturated heterocycles. The van der Waals surface area contributed by atoms with E-state index in [9.17, 15) is 5.11 Å². The fourth-order valence-corrected chi connectivity index (χ4v) is 2.37. The number of methoxy groups -OCH3 is 1.